The number of allylic oxidation sites excluding steroid dienone is 7. The third-order valence-corrected chi connectivity index (χ3v) is 8.97. The molecule has 2 aromatic carbocycles. The summed E-state index contributed by atoms with van der Waals surface area (Å²) in [6.45, 7) is 6.47. The zero-order valence-electron chi connectivity index (χ0n) is 25.9. The van der Waals surface area contributed by atoms with Crippen molar-refractivity contribution < 1.29 is 13.6 Å². The minimum absolute atomic E-state index is 0.119. The monoisotopic (exact) mass is 596 g/mol. The standard InChI is InChI=1S/C37H42F2N4O/c1-4-28(19-27(21-40)22-43-15-14-37(38,39)23-43)30-11-13-32-33(20-30)35(25(3)17-34(32)41)36(44)42-31-12-10-29(24(2)16-31)18-26-8-6-5-7-9-26/h5-13,16,19,21,33,40H,4,14-15,17-18,20,22-23,41H2,1-3H3,(H,42,44). The highest BCUT2D eigenvalue weighted by molar-refractivity contribution is 6.05. The van der Waals surface area contributed by atoms with E-state index in [4.69, 9.17) is 11.1 Å². The van der Waals surface area contributed by atoms with Crippen molar-refractivity contribution >= 4 is 17.8 Å². The van der Waals surface area contributed by atoms with Crippen molar-refractivity contribution in [3.8, 4) is 0 Å². The zero-order valence-corrected chi connectivity index (χ0v) is 25.9. The number of nitrogens with one attached hydrogen (secondary N) is 2. The Balaban J connectivity index is 1.36. The fraction of sp³-hybridized carbons (Fsp3) is 0.351. The molecule has 1 atom stereocenters. The lowest BCUT2D eigenvalue weighted by Crippen LogP contribution is -2.29. The quantitative estimate of drug-likeness (QED) is 0.260. The fourth-order valence-corrected chi connectivity index (χ4v) is 6.63. The Bertz CT molecular complexity index is 1600. The Morgan fingerprint density at radius 1 is 1.16 bits per heavy atom. The number of hydrogen-bond donors (Lipinski definition) is 3. The first-order chi connectivity index (χ1) is 21.1. The number of fused-ring (bicyclic) bond motifs is 1. The number of nitrogens with zero attached hydrogens (tertiary/aromatic N) is 1. The number of alkyl halides is 2. The Hall–Kier alpha value is -4.10. The van der Waals surface area contributed by atoms with Crippen LogP contribution in [0.15, 0.2) is 106 Å². The maximum absolute atomic E-state index is 13.9. The predicted octanol–water partition coefficient (Wildman–Crippen LogP) is 7.66. The molecule has 0 aromatic heterocycles. The number of rotatable bonds is 9. The van der Waals surface area contributed by atoms with Crippen LogP contribution in [0, 0.1) is 18.3 Å². The molecule has 5 nitrogen and oxygen atoms in total. The van der Waals surface area contributed by atoms with Crippen molar-refractivity contribution in [3.05, 3.63) is 123 Å². The summed E-state index contributed by atoms with van der Waals surface area (Å²) in [7, 11) is 0. The van der Waals surface area contributed by atoms with Gasteiger partial charge >= 0.3 is 0 Å². The van der Waals surface area contributed by atoms with Crippen molar-refractivity contribution in [3.63, 3.8) is 0 Å². The summed E-state index contributed by atoms with van der Waals surface area (Å²) in [6.07, 6.45) is 9.86. The minimum Gasteiger partial charge on any atom is -0.402 e. The third kappa shape index (κ3) is 7.16. The summed E-state index contributed by atoms with van der Waals surface area (Å²) in [4.78, 5) is 15.6. The lowest BCUT2D eigenvalue weighted by Gasteiger charge is -2.33. The van der Waals surface area contributed by atoms with Gasteiger partial charge in [-0.2, -0.15) is 0 Å². The van der Waals surface area contributed by atoms with Gasteiger partial charge in [0.05, 0.1) is 6.54 Å². The van der Waals surface area contributed by atoms with Crippen LogP contribution in [-0.2, 0) is 11.2 Å². The van der Waals surface area contributed by atoms with E-state index in [1.807, 2.05) is 49.4 Å². The second-order valence-electron chi connectivity index (χ2n) is 12.3. The first-order valence-electron chi connectivity index (χ1n) is 15.4. The maximum atomic E-state index is 13.9. The van der Waals surface area contributed by atoms with Gasteiger partial charge in [0.25, 0.3) is 11.8 Å². The van der Waals surface area contributed by atoms with Crippen molar-refractivity contribution in [2.75, 3.05) is 25.0 Å². The SMILES string of the molecule is CCC(C=C(C=N)CN1CCC(F)(F)C1)=C1C=CC2=C(N)CC(C)=C(C(=O)Nc3ccc(Cc4ccccc4)c(C)c3)C2C1. The maximum Gasteiger partial charge on any atom is 0.261 e. The van der Waals surface area contributed by atoms with E-state index in [1.54, 1.807) is 4.90 Å². The number of halogens is 2. The summed E-state index contributed by atoms with van der Waals surface area (Å²) in [6, 6.07) is 16.4. The molecule has 1 saturated heterocycles. The van der Waals surface area contributed by atoms with E-state index >= 15 is 0 Å². The second kappa shape index (κ2) is 13.3. The van der Waals surface area contributed by atoms with Crippen LogP contribution < -0.4 is 11.1 Å². The van der Waals surface area contributed by atoms with Gasteiger partial charge in [-0.1, -0.05) is 67.1 Å². The van der Waals surface area contributed by atoms with Crippen LogP contribution in [0.2, 0.25) is 0 Å². The van der Waals surface area contributed by atoms with Gasteiger partial charge in [-0.05, 0) is 84.2 Å². The number of carbonyl (C=O) groups is 1. The molecule has 0 bridgehead atoms. The first-order valence-corrected chi connectivity index (χ1v) is 15.4. The van der Waals surface area contributed by atoms with Crippen LogP contribution in [0.4, 0.5) is 14.5 Å². The Kier molecular flexibility index (Phi) is 9.45. The van der Waals surface area contributed by atoms with Gasteiger partial charge in [0.15, 0.2) is 0 Å². The van der Waals surface area contributed by atoms with Crippen LogP contribution >= 0.6 is 0 Å². The summed E-state index contributed by atoms with van der Waals surface area (Å²) >= 11 is 0. The molecule has 4 N–H and O–H groups in total. The normalized spacial score (nSPS) is 21.4. The second-order valence-corrected chi connectivity index (χ2v) is 12.3. The molecule has 1 heterocycles. The topological polar surface area (TPSA) is 82.2 Å². The van der Waals surface area contributed by atoms with Gasteiger partial charge in [-0.15, -0.1) is 0 Å². The lowest BCUT2D eigenvalue weighted by atomic mass is 9.73. The van der Waals surface area contributed by atoms with Crippen LogP contribution in [0.5, 0.6) is 0 Å². The summed E-state index contributed by atoms with van der Waals surface area (Å²) < 4.78 is 27.5. The van der Waals surface area contributed by atoms with Gasteiger partial charge in [0, 0.05) is 55.0 Å². The van der Waals surface area contributed by atoms with Gasteiger partial charge in [-0.3, -0.25) is 9.69 Å². The molecule has 1 fully saturated rings. The average molecular weight is 597 g/mol. The number of carbonyl (C=O) groups excluding carboxylic acids is 1. The highest BCUT2D eigenvalue weighted by Crippen LogP contribution is 2.42. The van der Waals surface area contributed by atoms with Crippen molar-refractivity contribution in [2.45, 2.75) is 58.8 Å². The molecule has 7 heteroatoms. The minimum atomic E-state index is -2.67. The third-order valence-electron chi connectivity index (χ3n) is 8.97. The van der Waals surface area contributed by atoms with Crippen LogP contribution in [0.25, 0.3) is 0 Å². The van der Waals surface area contributed by atoms with Gasteiger partial charge < -0.3 is 16.5 Å². The molecule has 0 saturated carbocycles. The van der Waals surface area contributed by atoms with Crippen molar-refractivity contribution in [2.24, 2.45) is 11.7 Å². The molecule has 44 heavy (non-hydrogen) atoms. The van der Waals surface area contributed by atoms with Crippen molar-refractivity contribution in [1.82, 2.24) is 4.90 Å². The molecule has 1 aliphatic heterocycles. The number of benzene rings is 2. The number of aryl methyl sites for hydroxylation is 1. The van der Waals surface area contributed by atoms with E-state index in [1.165, 1.54) is 17.3 Å². The molecule has 0 radical (unpaired) electrons. The average Bonchev–Trinajstić information content (AvgIpc) is 3.34. The largest absolute Gasteiger partial charge is 0.402 e. The highest BCUT2D eigenvalue weighted by atomic mass is 19.3. The van der Waals surface area contributed by atoms with E-state index in [2.05, 4.69) is 43.4 Å². The number of likely N-dealkylation sites (tertiary alicyclic amines) is 1. The van der Waals surface area contributed by atoms with Gasteiger partial charge in [0.1, 0.15) is 0 Å². The lowest BCUT2D eigenvalue weighted by molar-refractivity contribution is -0.113. The summed E-state index contributed by atoms with van der Waals surface area (Å²) in [5.41, 5.74) is 17.1. The van der Waals surface area contributed by atoms with E-state index in [-0.39, 0.29) is 24.8 Å². The van der Waals surface area contributed by atoms with E-state index in [0.29, 0.717) is 37.9 Å². The highest BCUT2D eigenvalue weighted by Gasteiger charge is 2.38. The molecule has 0 spiro atoms. The smallest absolute Gasteiger partial charge is 0.261 e. The van der Waals surface area contributed by atoms with E-state index in [9.17, 15) is 13.6 Å². The Labute approximate surface area is 259 Å². The van der Waals surface area contributed by atoms with Gasteiger partial charge in [0.2, 0.25) is 0 Å². The van der Waals surface area contributed by atoms with Crippen molar-refractivity contribution in [1.29, 1.82) is 5.41 Å². The number of hydrogen-bond acceptors (Lipinski definition) is 4. The first kappa shape index (κ1) is 31.3. The van der Waals surface area contributed by atoms with E-state index in [0.717, 1.165) is 51.2 Å². The van der Waals surface area contributed by atoms with Crippen LogP contribution in [0.1, 0.15) is 56.2 Å². The predicted molar refractivity (Wildman–Crippen MR) is 175 cm³/mol. The molecule has 2 aromatic rings. The molecular formula is C37H42F2N4O. The van der Waals surface area contributed by atoms with Crippen LogP contribution in [-0.4, -0.2) is 42.6 Å². The Morgan fingerprint density at radius 3 is 2.59 bits per heavy atom. The van der Waals surface area contributed by atoms with Crippen LogP contribution in [0.3, 0.4) is 0 Å². The fourth-order valence-electron chi connectivity index (χ4n) is 6.63. The van der Waals surface area contributed by atoms with Gasteiger partial charge in [-0.25, -0.2) is 8.78 Å². The number of nitrogens with two attached hydrogens (primary N) is 1. The molecule has 1 amide bonds. The van der Waals surface area contributed by atoms with E-state index < -0.39 is 5.92 Å². The molecule has 1 unspecified atom stereocenters. The zero-order chi connectivity index (χ0) is 31.4. The molecule has 5 rings (SSSR count). The molecular weight excluding hydrogens is 554 g/mol. The summed E-state index contributed by atoms with van der Waals surface area (Å²) in [5.74, 6) is -2.97. The number of anilines is 1. The summed E-state index contributed by atoms with van der Waals surface area (Å²) in [5, 5.41) is 11.1. The number of amides is 1. The Morgan fingerprint density at radius 2 is 1.93 bits per heavy atom. The molecule has 3 aliphatic rings. The molecule has 230 valence electrons. The molecule has 2 aliphatic carbocycles.